The maximum atomic E-state index is 11.1. The minimum atomic E-state index is -0.0655. The Labute approximate surface area is 135 Å². The zero-order chi connectivity index (χ0) is 14.7. The SMILES string of the molecule is CC(=O)Nc1ccsc1CNc1cc(Cl)c(C)cc1Br. The van der Waals surface area contributed by atoms with E-state index in [1.807, 2.05) is 30.5 Å². The van der Waals surface area contributed by atoms with Crippen molar-refractivity contribution in [1.29, 1.82) is 0 Å². The van der Waals surface area contributed by atoms with Gasteiger partial charge in [-0.2, -0.15) is 0 Å². The highest BCUT2D eigenvalue weighted by Gasteiger charge is 2.08. The van der Waals surface area contributed by atoms with E-state index in [2.05, 4.69) is 26.6 Å². The Morgan fingerprint density at radius 1 is 1.40 bits per heavy atom. The second-order valence-electron chi connectivity index (χ2n) is 4.37. The first kappa shape index (κ1) is 15.4. The van der Waals surface area contributed by atoms with Gasteiger partial charge in [-0.3, -0.25) is 4.79 Å². The van der Waals surface area contributed by atoms with Crippen LogP contribution >= 0.6 is 38.9 Å². The van der Waals surface area contributed by atoms with E-state index in [9.17, 15) is 4.79 Å². The summed E-state index contributed by atoms with van der Waals surface area (Å²) in [5, 5.41) is 8.83. The van der Waals surface area contributed by atoms with Gasteiger partial charge in [-0.15, -0.1) is 11.3 Å². The van der Waals surface area contributed by atoms with Gasteiger partial charge in [0.15, 0.2) is 0 Å². The Morgan fingerprint density at radius 3 is 2.85 bits per heavy atom. The topological polar surface area (TPSA) is 41.1 Å². The third kappa shape index (κ3) is 3.75. The molecule has 0 unspecified atom stereocenters. The first-order valence-corrected chi connectivity index (χ1v) is 8.06. The van der Waals surface area contributed by atoms with Crippen LogP contribution in [0, 0.1) is 6.92 Å². The first-order chi connectivity index (χ1) is 9.47. The van der Waals surface area contributed by atoms with E-state index in [0.29, 0.717) is 6.54 Å². The molecular weight excluding hydrogens is 360 g/mol. The van der Waals surface area contributed by atoms with Crippen molar-refractivity contribution in [3.05, 3.63) is 43.5 Å². The minimum absolute atomic E-state index is 0.0655. The standard InChI is InChI=1S/C14H14BrClN2OS/c1-8-5-10(15)13(6-11(8)16)17-7-14-12(3-4-20-14)18-9(2)19/h3-6,17H,7H2,1-2H3,(H,18,19). The van der Waals surface area contributed by atoms with Crippen molar-refractivity contribution in [3.8, 4) is 0 Å². The van der Waals surface area contributed by atoms with Gasteiger partial charge in [0.25, 0.3) is 0 Å². The van der Waals surface area contributed by atoms with Gasteiger partial charge in [0.2, 0.25) is 5.91 Å². The Bertz CT molecular complexity index is 642. The number of hydrogen-bond donors (Lipinski definition) is 2. The molecule has 0 saturated heterocycles. The molecule has 106 valence electrons. The van der Waals surface area contributed by atoms with Crippen molar-refractivity contribution in [2.45, 2.75) is 20.4 Å². The number of rotatable bonds is 4. The number of aryl methyl sites for hydroxylation is 1. The maximum Gasteiger partial charge on any atom is 0.221 e. The van der Waals surface area contributed by atoms with E-state index in [0.717, 1.165) is 31.3 Å². The first-order valence-electron chi connectivity index (χ1n) is 6.01. The summed E-state index contributed by atoms with van der Waals surface area (Å²) in [6.45, 7) is 4.10. The van der Waals surface area contributed by atoms with Crippen molar-refractivity contribution in [3.63, 3.8) is 0 Å². The van der Waals surface area contributed by atoms with E-state index in [1.54, 1.807) is 11.3 Å². The Kier molecular flexibility index (Phi) is 5.07. The predicted molar refractivity (Wildman–Crippen MR) is 89.8 cm³/mol. The number of thiophene rings is 1. The van der Waals surface area contributed by atoms with Crippen molar-refractivity contribution in [2.75, 3.05) is 10.6 Å². The molecule has 0 aliphatic rings. The van der Waals surface area contributed by atoms with E-state index >= 15 is 0 Å². The predicted octanol–water partition coefficient (Wildman–Crippen LogP) is 5.04. The molecule has 0 spiro atoms. The molecule has 0 fully saturated rings. The van der Waals surface area contributed by atoms with Gasteiger partial charge in [-0.25, -0.2) is 0 Å². The molecule has 0 atom stereocenters. The second-order valence-corrected chi connectivity index (χ2v) is 6.64. The minimum Gasteiger partial charge on any atom is -0.379 e. The van der Waals surface area contributed by atoms with Crippen molar-refractivity contribution in [1.82, 2.24) is 0 Å². The van der Waals surface area contributed by atoms with Gasteiger partial charge < -0.3 is 10.6 Å². The highest BCUT2D eigenvalue weighted by Crippen LogP contribution is 2.30. The van der Waals surface area contributed by atoms with Gasteiger partial charge in [-0.05, 0) is 52.0 Å². The zero-order valence-corrected chi connectivity index (χ0v) is 14.2. The summed E-state index contributed by atoms with van der Waals surface area (Å²) in [4.78, 5) is 12.2. The largest absolute Gasteiger partial charge is 0.379 e. The Hall–Kier alpha value is -1.04. The number of benzene rings is 1. The summed E-state index contributed by atoms with van der Waals surface area (Å²) < 4.78 is 0.969. The van der Waals surface area contributed by atoms with Crippen LogP contribution in [-0.2, 0) is 11.3 Å². The molecule has 0 aliphatic heterocycles. The normalized spacial score (nSPS) is 10.4. The quantitative estimate of drug-likeness (QED) is 0.788. The smallest absolute Gasteiger partial charge is 0.221 e. The highest BCUT2D eigenvalue weighted by atomic mass is 79.9. The molecule has 0 radical (unpaired) electrons. The van der Waals surface area contributed by atoms with Gasteiger partial charge in [0.1, 0.15) is 0 Å². The second kappa shape index (κ2) is 6.61. The molecule has 0 bridgehead atoms. The van der Waals surface area contributed by atoms with Crippen LogP contribution in [0.1, 0.15) is 17.4 Å². The summed E-state index contributed by atoms with van der Waals surface area (Å²) in [6.07, 6.45) is 0. The van der Waals surface area contributed by atoms with E-state index in [4.69, 9.17) is 11.6 Å². The van der Waals surface area contributed by atoms with Crippen LogP contribution in [0.15, 0.2) is 28.1 Å². The van der Waals surface area contributed by atoms with Gasteiger partial charge in [-0.1, -0.05) is 11.6 Å². The van der Waals surface area contributed by atoms with Crippen molar-refractivity contribution in [2.24, 2.45) is 0 Å². The molecule has 20 heavy (non-hydrogen) atoms. The van der Waals surface area contributed by atoms with E-state index < -0.39 is 0 Å². The number of carbonyl (C=O) groups is 1. The number of anilines is 2. The molecule has 0 saturated carbocycles. The average molecular weight is 374 g/mol. The third-order valence-corrected chi connectivity index (χ3v) is 4.73. The number of hydrogen-bond acceptors (Lipinski definition) is 3. The molecule has 6 heteroatoms. The van der Waals surface area contributed by atoms with Crippen LogP contribution in [0.25, 0.3) is 0 Å². The highest BCUT2D eigenvalue weighted by molar-refractivity contribution is 9.10. The number of nitrogens with one attached hydrogen (secondary N) is 2. The lowest BCUT2D eigenvalue weighted by atomic mass is 10.2. The molecule has 1 heterocycles. The van der Waals surface area contributed by atoms with E-state index in [1.165, 1.54) is 6.92 Å². The fourth-order valence-corrected chi connectivity index (χ4v) is 3.27. The monoisotopic (exact) mass is 372 g/mol. The fraction of sp³-hybridized carbons (Fsp3) is 0.214. The number of carbonyl (C=O) groups excluding carboxylic acids is 1. The fourth-order valence-electron chi connectivity index (χ4n) is 1.74. The summed E-state index contributed by atoms with van der Waals surface area (Å²) in [7, 11) is 0. The molecule has 2 aromatic rings. The molecule has 2 N–H and O–H groups in total. The van der Waals surface area contributed by atoms with Crippen LogP contribution in [-0.4, -0.2) is 5.91 Å². The lowest BCUT2D eigenvalue weighted by molar-refractivity contribution is -0.114. The van der Waals surface area contributed by atoms with E-state index in [-0.39, 0.29) is 5.91 Å². The number of halogens is 2. The van der Waals surface area contributed by atoms with Crippen LogP contribution in [0.4, 0.5) is 11.4 Å². The van der Waals surface area contributed by atoms with Crippen LogP contribution < -0.4 is 10.6 Å². The van der Waals surface area contributed by atoms with Crippen molar-refractivity contribution >= 4 is 56.1 Å². The summed E-state index contributed by atoms with van der Waals surface area (Å²) in [5.41, 5.74) is 2.81. The van der Waals surface area contributed by atoms with Crippen LogP contribution in [0.2, 0.25) is 5.02 Å². The summed E-state index contributed by atoms with van der Waals surface area (Å²) in [5.74, 6) is -0.0655. The Balaban J connectivity index is 2.11. The van der Waals surface area contributed by atoms with Crippen molar-refractivity contribution < 1.29 is 4.79 Å². The molecule has 1 amide bonds. The van der Waals surface area contributed by atoms with Gasteiger partial charge in [0, 0.05) is 21.3 Å². The Morgan fingerprint density at radius 2 is 2.15 bits per heavy atom. The lowest BCUT2D eigenvalue weighted by Gasteiger charge is -2.11. The maximum absolute atomic E-state index is 11.1. The number of amides is 1. The van der Waals surface area contributed by atoms with Crippen LogP contribution in [0.3, 0.4) is 0 Å². The molecule has 2 rings (SSSR count). The summed E-state index contributed by atoms with van der Waals surface area (Å²) >= 11 is 11.2. The van der Waals surface area contributed by atoms with Gasteiger partial charge in [0.05, 0.1) is 17.9 Å². The van der Waals surface area contributed by atoms with Crippen LogP contribution in [0.5, 0.6) is 0 Å². The molecule has 1 aromatic carbocycles. The molecular formula is C14H14BrClN2OS. The summed E-state index contributed by atoms with van der Waals surface area (Å²) in [6, 6.07) is 5.78. The average Bonchev–Trinajstić information content (AvgIpc) is 2.79. The lowest BCUT2D eigenvalue weighted by Crippen LogP contribution is -2.08. The third-order valence-electron chi connectivity index (χ3n) is 2.74. The zero-order valence-electron chi connectivity index (χ0n) is 11.1. The molecule has 3 nitrogen and oxygen atoms in total. The van der Waals surface area contributed by atoms with Gasteiger partial charge >= 0.3 is 0 Å². The molecule has 1 aromatic heterocycles. The molecule has 0 aliphatic carbocycles.